The maximum atomic E-state index is 15.4. The van der Waals surface area contributed by atoms with Gasteiger partial charge in [0.1, 0.15) is 0 Å². The summed E-state index contributed by atoms with van der Waals surface area (Å²) < 4.78 is 191. The Labute approximate surface area is 256 Å². The lowest BCUT2D eigenvalue weighted by atomic mass is 9.85. The van der Waals surface area contributed by atoms with E-state index >= 15 is 4.39 Å². The van der Waals surface area contributed by atoms with E-state index in [1.807, 2.05) is 0 Å². The monoisotopic (exact) mass is 778 g/mol. The number of hydrogen-bond acceptors (Lipinski definition) is 3. The minimum Gasteiger partial charge on any atom is -0.309 e. The first-order valence-electron chi connectivity index (χ1n) is 11.7. The molecule has 1 unspecified atom stereocenters. The molecule has 244 valence electrons. The molecule has 0 spiro atoms. The summed E-state index contributed by atoms with van der Waals surface area (Å²) in [6, 6.07) is 3.18. The van der Waals surface area contributed by atoms with E-state index in [2.05, 4.69) is 4.98 Å². The Balaban J connectivity index is 2.12. The Morgan fingerprint density at radius 3 is 1.93 bits per heavy atom. The van der Waals surface area contributed by atoms with Crippen LogP contribution in [0.5, 0.6) is 0 Å². The van der Waals surface area contributed by atoms with Gasteiger partial charge < -0.3 is 4.90 Å². The van der Waals surface area contributed by atoms with Crippen LogP contribution in [0.25, 0.3) is 0 Å². The third-order valence-electron chi connectivity index (χ3n) is 6.33. The smallest absolute Gasteiger partial charge is 0.309 e. The lowest BCUT2D eigenvalue weighted by Gasteiger charge is -2.36. The number of ketones is 1. The maximum Gasteiger partial charge on any atom is 0.457 e. The predicted molar refractivity (Wildman–Crippen MR) is 135 cm³/mol. The first-order valence-corrected chi connectivity index (χ1v) is 12.8. The number of Topliss-reactive ketones (excluding diaryl/α,β-unsaturated/α-hetero) is 1. The van der Waals surface area contributed by atoms with Gasteiger partial charge in [0.15, 0.2) is 11.6 Å². The zero-order valence-corrected chi connectivity index (χ0v) is 23.9. The Bertz CT molecular complexity index is 1620. The molecule has 1 atom stereocenters. The van der Waals surface area contributed by atoms with Gasteiger partial charge in [0.25, 0.3) is 5.91 Å². The fraction of sp³-hybridized carbons (Fsp3) is 0.269. The number of benzene rings is 2. The van der Waals surface area contributed by atoms with E-state index < -0.39 is 97.6 Å². The molecule has 0 aliphatic carbocycles. The molecular weight excluding hydrogens is 765 g/mol. The first kappa shape index (κ1) is 36.0. The van der Waals surface area contributed by atoms with Crippen LogP contribution in [0, 0.1) is 15.3 Å². The van der Waals surface area contributed by atoms with Crippen LogP contribution < -0.4 is 4.90 Å². The molecule has 19 heteroatoms. The average Bonchev–Trinajstić information content (AvgIpc) is 2.91. The van der Waals surface area contributed by atoms with Gasteiger partial charge in [-0.2, -0.15) is 52.7 Å². The number of halogens is 15. The Kier molecular flexibility index (Phi) is 9.60. The van der Waals surface area contributed by atoms with Crippen molar-refractivity contribution < 1.29 is 71.1 Å². The van der Waals surface area contributed by atoms with E-state index in [1.165, 1.54) is 0 Å². The number of carbonyl (C=O) groups is 2. The molecule has 0 fully saturated rings. The molecule has 0 saturated carbocycles. The molecule has 0 aliphatic heterocycles. The summed E-state index contributed by atoms with van der Waals surface area (Å²) in [6.45, 7) is 0. The summed E-state index contributed by atoms with van der Waals surface area (Å²) in [7, 11) is 1.00. The highest BCUT2D eigenvalue weighted by atomic mass is 127. The van der Waals surface area contributed by atoms with Gasteiger partial charge in [0, 0.05) is 28.8 Å². The van der Waals surface area contributed by atoms with Crippen molar-refractivity contribution in [2.45, 2.75) is 36.5 Å². The van der Waals surface area contributed by atoms with E-state index in [4.69, 9.17) is 0 Å². The first-order chi connectivity index (χ1) is 20.4. The number of alkyl halides is 12. The second kappa shape index (κ2) is 12.0. The van der Waals surface area contributed by atoms with Crippen LogP contribution in [-0.2, 0) is 18.3 Å². The number of anilines is 1. The third-order valence-corrected chi connectivity index (χ3v) is 7.30. The SMILES string of the molecule is CN(C(=O)c1ccc(F)nc1)c1cccc(C(=O)Cc2c(I)cc(C(F)(C(F)(F)F)C(F)(F)C(F)(F)F)cc2C(F)(F)F)c1F. The second-order valence-corrected chi connectivity index (χ2v) is 10.3. The Morgan fingerprint density at radius 2 is 1.44 bits per heavy atom. The van der Waals surface area contributed by atoms with Gasteiger partial charge in [0.2, 0.25) is 5.95 Å². The number of carbonyl (C=O) groups excluding carboxylic acids is 2. The van der Waals surface area contributed by atoms with Gasteiger partial charge in [-0.1, -0.05) is 6.07 Å². The normalized spacial score (nSPS) is 14.2. The van der Waals surface area contributed by atoms with E-state index in [0.29, 0.717) is 4.90 Å². The molecule has 2 aromatic carbocycles. The van der Waals surface area contributed by atoms with Crippen LogP contribution in [0.15, 0.2) is 48.7 Å². The molecule has 0 N–H and O–H groups in total. The van der Waals surface area contributed by atoms with Crippen molar-refractivity contribution in [1.82, 2.24) is 4.98 Å². The van der Waals surface area contributed by atoms with Gasteiger partial charge in [-0.15, -0.1) is 0 Å². The molecule has 1 heterocycles. The second-order valence-electron chi connectivity index (χ2n) is 9.18. The van der Waals surface area contributed by atoms with Gasteiger partial charge in [-0.25, -0.2) is 13.8 Å². The van der Waals surface area contributed by atoms with Gasteiger partial charge in [0.05, 0.1) is 22.4 Å². The van der Waals surface area contributed by atoms with Crippen molar-refractivity contribution in [2.75, 3.05) is 11.9 Å². The molecule has 0 bridgehead atoms. The number of rotatable bonds is 7. The van der Waals surface area contributed by atoms with E-state index in [1.54, 1.807) is 0 Å². The Hall–Kier alpha value is -3.52. The van der Waals surface area contributed by atoms with Crippen LogP contribution in [0.4, 0.5) is 67.2 Å². The van der Waals surface area contributed by atoms with Crippen molar-refractivity contribution in [1.29, 1.82) is 0 Å². The number of hydrogen-bond donors (Lipinski definition) is 0. The van der Waals surface area contributed by atoms with Crippen LogP contribution in [-0.4, -0.2) is 42.0 Å². The largest absolute Gasteiger partial charge is 0.457 e. The quantitative estimate of drug-likeness (QED) is 0.105. The molecular formula is C26H13F14IN2O2. The molecule has 4 nitrogen and oxygen atoms in total. The van der Waals surface area contributed by atoms with E-state index in [9.17, 15) is 66.7 Å². The zero-order valence-electron chi connectivity index (χ0n) is 21.7. The minimum absolute atomic E-state index is 0.251. The predicted octanol–water partition coefficient (Wildman–Crippen LogP) is 8.61. The lowest BCUT2D eigenvalue weighted by molar-refractivity contribution is -0.389. The standard InChI is InChI=1S/C26H13F14IN2O2/c1-43(21(45)11-5-6-19(27)42-10-11)17-4-2-3-13(20(17)28)18(44)9-14-15(23(30,31)32)7-12(8-16(14)41)22(29,25(35,36)37)24(33,34)26(38,39)40/h2-8,10H,9H2,1H3. The highest BCUT2D eigenvalue weighted by Crippen LogP contribution is 2.59. The maximum absolute atomic E-state index is 15.4. The molecule has 1 aromatic heterocycles. The van der Waals surface area contributed by atoms with E-state index in [-0.39, 0.29) is 11.6 Å². The molecule has 0 radical (unpaired) electrons. The highest BCUT2D eigenvalue weighted by molar-refractivity contribution is 14.1. The highest BCUT2D eigenvalue weighted by Gasteiger charge is 2.81. The number of amides is 1. The van der Waals surface area contributed by atoms with Crippen molar-refractivity contribution >= 4 is 40.0 Å². The fourth-order valence-corrected chi connectivity index (χ4v) is 4.86. The van der Waals surface area contributed by atoms with Gasteiger partial charge in [-0.3, -0.25) is 9.59 Å². The van der Waals surface area contributed by atoms with Crippen molar-refractivity contribution in [3.63, 3.8) is 0 Å². The minimum atomic E-state index is -7.27. The van der Waals surface area contributed by atoms with Crippen molar-refractivity contribution in [3.05, 3.63) is 91.8 Å². The number of nitrogens with zero attached hydrogens (tertiary/aromatic N) is 2. The molecule has 45 heavy (non-hydrogen) atoms. The molecule has 3 rings (SSSR count). The number of pyridine rings is 1. The fourth-order valence-electron chi connectivity index (χ4n) is 4.04. The van der Waals surface area contributed by atoms with Gasteiger partial charge in [-0.05, 0) is 64.6 Å². The summed E-state index contributed by atoms with van der Waals surface area (Å²) in [5, 5.41) is 0. The van der Waals surface area contributed by atoms with Crippen LogP contribution in [0.2, 0.25) is 0 Å². The van der Waals surface area contributed by atoms with Crippen LogP contribution in [0.3, 0.4) is 0 Å². The summed E-state index contributed by atoms with van der Waals surface area (Å²) in [5.41, 5.74) is -15.0. The third kappa shape index (κ3) is 6.57. The van der Waals surface area contributed by atoms with Crippen molar-refractivity contribution in [2.24, 2.45) is 0 Å². The lowest BCUT2D eigenvalue weighted by Crippen LogP contribution is -2.59. The summed E-state index contributed by atoms with van der Waals surface area (Å²) >= 11 is 0.773. The summed E-state index contributed by atoms with van der Waals surface area (Å²) in [4.78, 5) is 29.5. The summed E-state index contributed by atoms with van der Waals surface area (Å²) in [6.07, 6.45) is -20.9. The average molecular weight is 778 g/mol. The molecule has 0 aliphatic rings. The van der Waals surface area contributed by atoms with Gasteiger partial charge >= 0.3 is 30.1 Å². The number of aromatic nitrogens is 1. The van der Waals surface area contributed by atoms with Crippen LogP contribution >= 0.6 is 22.6 Å². The molecule has 0 saturated heterocycles. The van der Waals surface area contributed by atoms with Crippen LogP contribution in [0.1, 0.15) is 37.4 Å². The van der Waals surface area contributed by atoms with Crippen molar-refractivity contribution in [3.8, 4) is 0 Å². The topological polar surface area (TPSA) is 50.3 Å². The molecule has 3 aromatic rings. The Morgan fingerprint density at radius 1 is 0.844 bits per heavy atom. The zero-order chi connectivity index (χ0) is 34.5. The summed E-state index contributed by atoms with van der Waals surface area (Å²) in [5.74, 6) is -12.2. The molecule has 1 amide bonds. The van der Waals surface area contributed by atoms with E-state index in [0.717, 1.165) is 66.2 Å².